The van der Waals surface area contributed by atoms with Crippen molar-refractivity contribution in [2.24, 2.45) is 17.4 Å². The number of halogens is 3. The van der Waals surface area contributed by atoms with E-state index >= 15 is 0 Å². The van der Waals surface area contributed by atoms with E-state index < -0.39 is 17.6 Å². The predicted molar refractivity (Wildman–Crippen MR) is 146 cm³/mol. The lowest BCUT2D eigenvalue weighted by atomic mass is 9.91. The summed E-state index contributed by atoms with van der Waals surface area (Å²) in [6.07, 6.45) is 1.18. The van der Waals surface area contributed by atoms with Gasteiger partial charge in [0.25, 0.3) is 5.91 Å². The van der Waals surface area contributed by atoms with Gasteiger partial charge in [-0.2, -0.15) is 23.4 Å². The molecule has 1 aromatic carbocycles. The number of pyridine rings is 1. The Morgan fingerprint density at radius 3 is 2.52 bits per heavy atom. The molecular weight excluding hydrogens is 521 g/mol. The van der Waals surface area contributed by atoms with Crippen molar-refractivity contribution < 1.29 is 18.0 Å². The zero-order chi connectivity index (χ0) is 28.8. The number of hydrogen-bond donors (Lipinski definition) is 1. The summed E-state index contributed by atoms with van der Waals surface area (Å²) in [5, 5.41) is 17.3. The Bertz CT molecular complexity index is 1520. The van der Waals surface area contributed by atoms with E-state index in [1.165, 1.54) is 13.1 Å². The van der Waals surface area contributed by atoms with Crippen molar-refractivity contribution in [2.45, 2.75) is 39.4 Å². The second-order valence-electron chi connectivity index (χ2n) is 10.3. The monoisotopic (exact) mass is 552 g/mol. The highest BCUT2D eigenvalue weighted by Crippen LogP contribution is 2.39. The minimum Gasteiger partial charge on any atom is -0.322 e. The van der Waals surface area contributed by atoms with Crippen LogP contribution in [0, 0.1) is 20.8 Å². The smallest absolute Gasteiger partial charge is 0.322 e. The molecule has 2 aliphatic heterocycles. The molecular formula is C28H31F3N8O. The number of carbonyl (C=O) groups is 1. The standard InChI is InChI=1S/C28H31F3N8O/c1-16-22(19-6-8-37(4)9-7-19)11-21(12-24(16)28(29,30)31)34-27(40)20-10-26(17(2)32-13-20)39-15-25(35-36-39)23-14-33-38(5)18(23)3/h6,10-14,25H,7-9,15H2,1-5H3,(H,34,40). The molecule has 5 rings (SSSR count). The fraction of sp³-hybridized carbons (Fsp3) is 0.393. The molecule has 2 aromatic heterocycles. The molecule has 12 heteroatoms. The number of rotatable bonds is 5. The molecule has 40 heavy (non-hydrogen) atoms. The Kier molecular flexibility index (Phi) is 7.21. The van der Waals surface area contributed by atoms with E-state index in [1.807, 2.05) is 27.1 Å². The summed E-state index contributed by atoms with van der Waals surface area (Å²) >= 11 is 0. The van der Waals surface area contributed by atoms with Gasteiger partial charge in [-0.25, -0.2) is 5.01 Å². The van der Waals surface area contributed by atoms with Crippen LogP contribution in [0.15, 0.2) is 47.0 Å². The van der Waals surface area contributed by atoms with Gasteiger partial charge >= 0.3 is 6.18 Å². The Hall–Kier alpha value is -4.06. The molecule has 1 amide bonds. The summed E-state index contributed by atoms with van der Waals surface area (Å²) in [6, 6.07) is 4.03. The molecule has 0 radical (unpaired) electrons. The molecule has 0 spiro atoms. The van der Waals surface area contributed by atoms with Crippen molar-refractivity contribution in [1.82, 2.24) is 19.7 Å². The van der Waals surface area contributed by atoms with Crippen LogP contribution in [0.2, 0.25) is 0 Å². The maximum Gasteiger partial charge on any atom is 0.416 e. The number of benzene rings is 1. The second kappa shape index (κ2) is 10.5. The number of likely N-dealkylation sites (N-methyl/N-ethyl adjacent to an activating group) is 1. The number of hydrogen-bond acceptors (Lipinski definition) is 7. The van der Waals surface area contributed by atoms with E-state index in [0.29, 0.717) is 36.5 Å². The molecule has 3 aromatic rings. The maximum absolute atomic E-state index is 14.0. The van der Waals surface area contributed by atoms with Crippen LogP contribution in [-0.4, -0.2) is 52.3 Å². The van der Waals surface area contributed by atoms with Gasteiger partial charge in [0.05, 0.1) is 35.2 Å². The number of anilines is 2. The Labute approximate surface area is 230 Å². The Morgan fingerprint density at radius 2 is 1.88 bits per heavy atom. The largest absolute Gasteiger partial charge is 0.416 e. The van der Waals surface area contributed by atoms with Crippen LogP contribution in [0.4, 0.5) is 24.5 Å². The Morgan fingerprint density at radius 1 is 1.10 bits per heavy atom. The van der Waals surface area contributed by atoms with Gasteiger partial charge in [-0.15, -0.1) is 0 Å². The first-order valence-electron chi connectivity index (χ1n) is 13.0. The summed E-state index contributed by atoms with van der Waals surface area (Å²) in [4.78, 5) is 19.7. The minimum absolute atomic E-state index is 0.0767. The molecule has 0 saturated heterocycles. The number of aromatic nitrogens is 3. The van der Waals surface area contributed by atoms with Crippen molar-refractivity contribution in [3.05, 3.63) is 75.9 Å². The van der Waals surface area contributed by atoms with E-state index in [2.05, 4.69) is 30.6 Å². The van der Waals surface area contributed by atoms with Crippen LogP contribution in [0.3, 0.4) is 0 Å². The van der Waals surface area contributed by atoms with Crippen LogP contribution in [0.25, 0.3) is 5.57 Å². The molecule has 1 N–H and O–H groups in total. The van der Waals surface area contributed by atoms with E-state index in [-0.39, 0.29) is 22.9 Å². The summed E-state index contributed by atoms with van der Waals surface area (Å²) in [7, 11) is 3.82. The maximum atomic E-state index is 14.0. The van der Waals surface area contributed by atoms with Crippen LogP contribution >= 0.6 is 0 Å². The van der Waals surface area contributed by atoms with Gasteiger partial charge in [0.1, 0.15) is 6.04 Å². The zero-order valence-corrected chi connectivity index (χ0v) is 23.0. The number of aryl methyl sites for hydroxylation is 2. The molecule has 1 atom stereocenters. The van der Waals surface area contributed by atoms with E-state index in [0.717, 1.165) is 29.4 Å². The van der Waals surface area contributed by atoms with Crippen molar-refractivity contribution in [3.63, 3.8) is 0 Å². The average molecular weight is 553 g/mol. The van der Waals surface area contributed by atoms with Gasteiger partial charge in [-0.1, -0.05) is 11.3 Å². The summed E-state index contributed by atoms with van der Waals surface area (Å²) < 4.78 is 43.7. The van der Waals surface area contributed by atoms with Gasteiger partial charge in [0.15, 0.2) is 0 Å². The third-order valence-corrected chi connectivity index (χ3v) is 7.61. The number of carbonyl (C=O) groups excluding carboxylic acids is 1. The SMILES string of the molecule is Cc1ncc(C(=O)Nc2cc(C3=CCN(C)CC3)c(C)c(C(F)(F)F)c2)cc1N1CC(c2cnn(C)c2C)N=N1. The van der Waals surface area contributed by atoms with Gasteiger partial charge in [0, 0.05) is 43.3 Å². The highest BCUT2D eigenvalue weighted by atomic mass is 19.4. The topological polar surface area (TPSA) is 91.0 Å². The number of alkyl halides is 3. The minimum atomic E-state index is -4.56. The number of nitrogens with zero attached hydrogens (tertiary/aromatic N) is 7. The molecule has 0 aliphatic carbocycles. The highest BCUT2D eigenvalue weighted by molar-refractivity contribution is 6.05. The fourth-order valence-electron chi connectivity index (χ4n) is 5.05. The van der Waals surface area contributed by atoms with Crippen LogP contribution in [0.5, 0.6) is 0 Å². The first-order chi connectivity index (χ1) is 18.9. The lowest BCUT2D eigenvalue weighted by Crippen LogP contribution is -2.24. The zero-order valence-electron chi connectivity index (χ0n) is 23.0. The van der Waals surface area contributed by atoms with Gasteiger partial charge in [0.2, 0.25) is 0 Å². The highest BCUT2D eigenvalue weighted by Gasteiger charge is 2.34. The van der Waals surface area contributed by atoms with Crippen LogP contribution in [0.1, 0.15) is 56.5 Å². The lowest BCUT2D eigenvalue weighted by Gasteiger charge is -2.25. The molecule has 2 aliphatic rings. The summed E-state index contributed by atoms with van der Waals surface area (Å²) in [5.74, 6) is -0.565. The molecule has 4 heterocycles. The van der Waals surface area contributed by atoms with Crippen molar-refractivity contribution in [3.8, 4) is 0 Å². The quantitative estimate of drug-likeness (QED) is 0.441. The molecule has 210 valence electrons. The van der Waals surface area contributed by atoms with Crippen LogP contribution < -0.4 is 10.3 Å². The van der Waals surface area contributed by atoms with Crippen molar-refractivity contribution >= 4 is 22.9 Å². The first kappa shape index (κ1) is 27.5. The Balaban J connectivity index is 1.41. The molecule has 0 saturated carbocycles. The average Bonchev–Trinajstić information content (AvgIpc) is 3.51. The fourth-order valence-corrected chi connectivity index (χ4v) is 5.05. The summed E-state index contributed by atoms with van der Waals surface area (Å²) in [6.45, 7) is 7.08. The van der Waals surface area contributed by atoms with Crippen LogP contribution in [-0.2, 0) is 13.2 Å². The number of nitrogens with one attached hydrogen (secondary N) is 1. The van der Waals surface area contributed by atoms with E-state index in [4.69, 9.17) is 0 Å². The molecule has 9 nitrogen and oxygen atoms in total. The molecule has 1 unspecified atom stereocenters. The number of amides is 1. The van der Waals surface area contributed by atoms with Crippen molar-refractivity contribution in [2.75, 3.05) is 37.0 Å². The third kappa shape index (κ3) is 5.35. The summed E-state index contributed by atoms with van der Waals surface area (Å²) in [5.41, 5.74) is 4.19. The van der Waals surface area contributed by atoms with Crippen molar-refractivity contribution in [1.29, 1.82) is 0 Å². The first-order valence-corrected chi connectivity index (χ1v) is 13.0. The second-order valence-corrected chi connectivity index (χ2v) is 10.3. The lowest BCUT2D eigenvalue weighted by molar-refractivity contribution is -0.138. The molecule has 0 fully saturated rings. The van der Waals surface area contributed by atoms with Gasteiger partial charge in [-0.3, -0.25) is 14.5 Å². The van der Waals surface area contributed by atoms with Gasteiger partial charge < -0.3 is 10.2 Å². The van der Waals surface area contributed by atoms with Gasteiger partial charge in [-0.05, 0) is 69.1 Å². The molecule has 0 bridgehead atoms. The normalized spacial score (nSPS) is 17.9. The van der Waals surface area contributed by atoms with E-state index in [1.54, 1.807) is 34.9 Å². The predicted octanol–water partition coefficient (Wildman–Crippen LogP) is 5.66. The third-order valence-electron chi connectivity index (χ3n) is 7.61. The van der Waals surface area contributed by atoms with E-state index in [9.17, 15) is 18.0 Å².